The Balaban J connectivity index is 1.95. The van der Waals surface area contributed by atoms with Crippen LogP contribution in [0.1, 0.15) is 27.5 Å². The first-order valence-corrected chi connectivity index (χ1v) is 8.43. The third kappa shape index (κ3) is 2.64. The molecule has 1 amide bonds. The van der Waals surface area contributed by atoms with Crippen LogP contribution in [-0.4, -0.2) is 33.2 Å². The second-order valence-electron chi connectivity index (χ2n) is 6.42. The first-order valence-electron chi connectivity index (χ1n) is 8.43. The molecule has 136 valence electrons. The quantitative estimate of drug-likeness (QED) is 0.652. The number of rotatable bonds is 4. The van der Waals surface area contributed by atoms with E-state index in [0.717, 1.165) is 11.1 Å². The summed E-state index contributed by atoms with van der Waals surface area (Å²) in [6.45, 7) is -0.641. The number of carboxylic acid groups (broad SMARTS) is 1. The van der Waals surface area contributed by atoms with Crippen molar-refractivity contribution < 1.29 is 19.8 Å². The second kappa shape index (κ2) is 6.28. The topological polar surface area (TPSA) is 109 Å². The number of carboxylic acids is 1. The predicted molar refractivity (Wildman–Crippen MR) is 98.1 cm³/mol. The van der Waals surface area contributed by atoms with Crippen LogP contribution in [0.3, 0.4) is 0 Å². The van der Waals surface area contributed by atoms with Gasteiger partial charge in [0.1, 0.15) is 17.9 Å². The van der Waals surface area contributed by atoms with E-state index in [2.05, 4.69) is 5.32 Å². The zero-order valence-corrected chi connectivity index (χ0v) is 14.2. The molecule has 2 heterocycles. The Morgan fingerprint density at radius 1 is 1.11 bits per heavy atom. The van der Waals surface area contributed by atoms with E-state index < -0.39 is 35.3 Å². The maximum Gasteiger partial charge on any atom is 0.322 e. The first kappa shape index (κ1) is 16.8. The van der Waals surface area contributed by atoms with Crippen molar-refractivity contribution in [3.05, 3.63) is 75.6 Å². The predicted octanol–water partition coefficient (Wildman–Crippen LogP) is 1.67. The highest BCUT2D eigenvalue weighted by Crippen LogP contribution is 2.38. The summed E-state index contributed by atoms with van der Waals surface area (Å²) in [5.41, 5.74) is 1.35. The Bertz CT molecular complexity index is 1130. The van der Waals surface area contributed by atoms with Crippen LogP contribution in [0, 0.1) is 0 Å². The summed E-state index contributed by atoms with van der Waals surface area (Å²) in [7, 11) is 0. The lowest BCUT2D eigenvalue weighted by atomic mass is 10.0. The van der Waals surface area contributed by atoms with E-state index in [0.29, 0.717) is 17.3 Å². The van der Waals surface area contributed by atoms with Gasteiger partial charge in [0, 0.05) is 5.39 Å². The van der Waals surface area contributed by atoms with Gasteiger partial charge in [0.25, 0.3) is 11.5 Å². The molecule has 3 aromatic rings. The molecule has 1 atom stereocenters. The van der Waals surface area contributed by atoms with Crippen molar-refractivity contribution in [1.29, 1.82) is 0 Å². The lowest BCUT2D eigenvalue weighted by molar-refractivity contribution is -0.135. The molecule has 27 heavy (non-hydrogen) atoms. The number of hydrogen-bond acceptors (Lipinski definition) is 4. The van der Waals surface area contributed by atoms with Crippen LogP contribution in [0.5, 0.6) is 5.75 Å². The number of para-hydroxylation sites is 1. The van der Waals surface area contributed by atoms with Crippen LogP contribution in [0.2, 0.25) is 0 Å². The summed E-state index contributed by atoms with van der Waals surface area (Å²) in [4.78, 5) is 36.3. The van der Waals surface area contributed by atoms with Crippen molar-refractivity contribution in [3.63, 3.8) is 0 Å². The third-order valence-electron chi connectivity index (χ3n) is 4.82. The zero-order chi connectivity index (χ0) is 19.1. The smallest absolute Gasteiger partial charge is 0.322 e. The fourth-order valence-electron chi connectivity index (χ4n) is 3.68. The maximum atomic E-state index is 13.1. The number of nitrogens with zero attached hydrogens (tertiary/aromatic N) is 1. The van der Waals surface area contributed by atoms with E-state index in [9.17, 15) is 19.5 Å². The molecule has 1 aromatic heterocycles. The molecule has 0 fully saturated rings. The summed E-state index contributed by atoms with van der Waals surface area (Å²) < 4.78 is 1.52. The molecule has 2 aromatic carbocycles. The molecule has 1 unspecified atom stereocenters. The highest BCUT2D eigenvalue weighted by molar-refractivity contribution is 6.04. The van der Waals surface area contributed by atoms with Crippen molar-refractivity contribution in [2.45, 2.75) is 12.5 Å². The molecule has 0 spiro atoms. The summed E-state index contributed by atoms with van der Waals surface area (Å²) in [6, 6.07) is 14.5. The molecule has 0 saturated heterocycles. The van der Waals surface area contributed by atoms with Gasteiger partial charge in [-0.15, -0.1) is 0 Å². The molecule has 0 aliphatic carbocycles. The minimum Gasteiger partial charge on any atom is -0.506 e. The number of aliphatic carboxylic acids is 1. The summed E-state index contributed by atoms with van der Waals surface area (Å²) in [6.07, 6.45) is 0.566. The van der Waals surface area contributed by atoms with Gasteiger partial charge in [0.15, 0.2) is 0 Å². The van der Waals surface area contributed by atoms with Crippen LogP contribution in [0.15, 0.2) is 53.3 Å². The van der Waals surface area contributed by atoms with E-state index >= 15 is 0 Å². The summed E-state index contributed by atoms with van der Waals surface area (Å²) >= 11 is 0. The number of aromatic nitrogens is 1. The van der Waals surface area contributed by atoms with Gasteiger partial charge in [-0.05, 0) is 23.6 Å². The molecular weight excluding hydrogens is 348 g/mol. The molecule has 7 nitrogen and oxygen atoms in total. The molecule has 1 aliphatic rings. The highest BCUT2D eigenvalue weighted by Gasteiger charge is 2.32. The highest BCUT2D eigenvalue weighted by atomic mass is 16.4. The van der Waals surface area contributed by atoms with Crippen molar-refractivity contribution in [3.8, 4) is 5.75 Å². The van der Waals surface area contributed by atoms with E-state index in [1.54, 1.807) is 12.1 Å². The van der Waals surface area contributed by atoms with Crippen molar-refractivity contribution in [2.75, 3.05) is 6.54 Å². The number of pyridine rings is 1. The number of amides is 1. The van der Waals surface area contributed by atoms with E-state index in [4.69, 9.17) is 5.11 Å². The molecular formula is C20H16N2O5. The summed E-state index contributed by atoms with van der Waals surface area (Å²) in [5.74, 6) is -2.57. The SMILES string of the molecule is O=C(O)CNC(=O)c1c(O)c2cccc3c2n(c1=O)C(c1ccccc1)C3. The number of aromatic hydroxyl groups is 1. The van der Waals surface area contributed by atoms with E-state index in [1.165, 1.54) is 4.57 Å². The fourth-order valence-corrected chi connectivity index (χ4v) is 3.68. The molecule has 0 bridgehead atoms. The molecule has 0 radical (unpaired) electrons. The normalized spacial score (nSPS) is 15.0. The molecule has 4 rings (SSSR count). The van der Waals surface area contributed by atoms with Gasteiger partial charge in [-0.1, -0.05) is 42.5 Å². The number of carbonyl (C=O) groups is 2. The molecule has 0 saturated carbocycles. The number of nitrogens with one attached hydrogen (secondary N) is 1. The van der Waals surface area contributed by atoms with Crippen LogP contribution in [0.25, 0.3) is 10.9 Å². The Morgan fingerprint density at radius 3 is 2.56 bits per heavy atom. The van der Waals surface area contributed by atoms with Crippen LogP contribution in [-0.2, 0) is 11.2 Å². The number of benzene rings is 2. The molecule has 7 heteroatoms. The minimum absolute atomic E-state index is 0.301. The van der Waals surface area contributed by atoms with Gasteiger partial charge in [0.2, 0.25) is 0 Å². The van der Waals surface area contributed by atoms with Crippen molar-refractivity contribution >= 4 is 22.8 Å². The maximum absolute atomic E-state index is 13.1. The molecule has 3 N–H and O–H groups in total. The van der Waals surface area contributed by atoms with E-state index in [1.807, 2.05) is 36.4 Å². The number of hydrogen-bond donors (Lipinski definition) is 3. The zero-order valence-electron chi connectivity index (χ0n) is 14.2. The Morgan fingerprint density at radius 2 is 1.85 bits per heavy atom. The monoisotopic (exact) mass is 364 g/mol. The first-order chi connectivity index (χ1) is 13.0. The minimum atomic E-state index is -1.24. The Kier molecular flexibility index (Phi) is 3.92. The fraction of sp³-hybridized carbons (Fsp3) is 0.150. The van der Waals surface area contributed by atoms with Gasteiger partial charge in [-0.25, -0.2) is 0 Å². The standard InChI is InChI=1S/C20H16N2O5/c23-15(24)10-21-19(26)16-18(25)13-8-4-7-12-9-14(11-5-2-1-3-6-11)22(17(12)13)20(16)27/h1-8,14,25H,9-10H2,(H,21,26)(H,23,24). The van der Waals surface area contributed by atoms with Gasteiger partial charge >= 0.3 is 5.97 Å². The average molecular weight is 364 g/mol. The van der Waals surface area contributed by atoms with Crippen LogP contribution >= 0.6 is 0 Å². The Labute approximate surface area is 153 Å². The Hall–Kier alpha value is -3.61. The largest absolute Gasteiger partial charge is 0.506 e. The van der Waals surface area contributed by atoms with Crippen molar-refractivity contribution in [1.82, 2.24) is 9.88 Å². The van der Waals surface area contributed by atoms with Gasteiger partial charge in [-0.3, -0.25) is 19.0 Å². The average Bonchev–Trinajstić information content (AvgIpc) is 3.06. The van der Waals surface area contributed by atoms with Crippen molar-refractivity contribution in [2.24, 2.45) is 0 Å². The van der Waals surface area contributed by atoms with Gasteiger partial charge < -0.3 is 15.5 Å². The number of carbonyl (C=O) groups excluding carboxylic acids is 1. The third-order valence-corrected chi connectivity index (χ3v) is 4.82. The van der Waals surface area contributed by atoms with Gasteiger partial charge in [-0.2, -0.15) is 0 Å². The molecule has 1 aliphatic heterocycles. The van der Waals surface area contributed by atoms with Crippen LogP contribution in [0.4, 0.5) is 0 Å². The lowest BCUT2D eigenvalue weighted by Gasteiger charge is -2.17. The van der Waals surface area contributed by atoms with E-state index in [-0.39, 0.29) is 6.04 Å². The van der Waals surface area contributed by atoms with Crippen LogP contribution < -0.4 is 10.9 Å². The summed E-state index contributed by atoms with van der Waals surface area (Å²) in [5, 5.41) is 21.9. The lowest BCUT2D eigenvalue weighted by Crippen LogP contribution is -2.36. The van der Waals surface area contributed by atoms with Gasteiger partial charge in [0.05, 0.1) is 11.6 Å². The second-order valence-corrected chi connectivity index (χ2v) is 6.42.